The van der Waals surface area contributed by atoms with E-state index in [1.807, 2.05) is 24.3 Å². The molecule has 0 spiro atoms. The van der Waals surface area contributed by atoms with Crippen molar-refractivity contribution in [3.63, 3.8) is 0 Å². The van der Waals surface area contributed by atoms with Crippen LogP contribution in [0.15, 0.2) is 24.3 Å². The average Bonchev–Trinajstić information content (AvgIpc) is 2.70. The van der Waals surface area contributed by atoms with Gasteiger partial charge in [-0.25, -0.2) is 0 Å². The quantitative estimate of drug-likeness (QED) is 0.733. The van der Waals surface area contributed by atoms with Gasteiger partial charge in [-0.3, -0.25) is 9.59 Å². The van der Waals surface area contributed by atoms with E-state index in [0.717, 1.165) is 17.5 Å². The third-order valence-electron chi connectivity index (χ3n) is 3.05. The Morgan fingerprint density at radius 2 is 2.06 bits per heavy atom. The second-order valence-electron chi connectivity index (χ2n) is 4.01. The van der Waals surface area contributed by atoms with Gasteiger partial charge in [0.25, 0.3) is 0 Å². The van der Waals surface area contributed by atoms with Gasteiger partial charge >= 0.3 is 5.97 Å². The minimum Gasteiger partial charge on any atom is -0.480 e. The Kier molecular flexibility index (Phi) is 2.75. The summed E-state index contributed by atoms with van der Waals surface area (Å²) in [7, 11) is 0. The fraction of sp³-hybridized carbons (Fsp3) is 0.333. The molecule has 0 saturated carbocycles. The number of carboxylic acid groups (broad SMARTS) is 1. The molecule has 0 fully saturated rings. The molecule has 0 radical (unpaired) electrons. The monoisotopic (exact) mass is 219 g/mol. The number of carboxylic acids is 1. The molecule has 0 aliphatic heterocycles. The summed E-state index contributed by atoms with van der Waals surface area (Å²) in [6.07, 6.45) is 1.48. The van der Waals surface area contributed by atoms with Crippen molar-refractivity contribution >= 4 is 11.8 Å². The van der Waals surface area contributed by atoms with Crippen molar-refractivity contribution in [2.45, 2.75) is 24.8 Å². The fourth-order valence-corrected chi connectivity index (χ4v) is 2.19. The summed E-state index contributed by atoms with van der Waals surface area (Å²) in [6, 6.07) is 6.21. The third kappa shape index (κ3) is 1.72. The Bertz CT molecular complexity index is 442. The number of carbonyl (C=O) groups excluding carboxylic acids is 1. The first-order valence-electron chi connectivity index (χ1n) is 5.21. The minimum absolute atomic E-state index is 0.345. The van der Waals surface area contributed by atoms with Crippen molar-refractivity contribution in [3.05, 3.63) is 35.4 Å². The van der Waals surface area contributed by atoms with E-state index in [2.05, 4.69) is 0 Å². The van der Waals surface area contributed by atoms with Gasteiger partial charge in [-0.2, -0.15) is 0 Å². The summed E-state index contributed by atoms with van der Waals surface area (Å²) in [4.78, 5) is 22.5. The Balaban J connectivity index is 2.25. The molecule has 16 heavy (non-hydrogen) atoms. The number of nitrogens with two attached hydrogens (primary N) is 1. The van der Waals surface area contributed by atoms with Crippen molar-refractivity contribution < 1.29 is 14.7 Å². The Morgan fingerprint density at radius 1 is 1.38 bits per heavy atom. The second-order valence-corrected chi connectivity index (χ2v) is 4.01. The molecule has 0 heterocycles. The van der Waals surface area contributed by atoms with E-state index < -0.39 is 17.8 Å². The largest absolute Gasteiger partial charge is 0.480 e. The molecular weight excluding hydrogens is 206 g/mol. The first-order chi connectivity index (χ1) is 7.61. The summed E-state index contributed by atoms with van der Waals surface area (Å²) in [5, 5.41) is 8.71. The van der Waals surface area contributed by atoms with Gasteiger partial charge in [0.05, 0.1) is 0 Å². The summed E-state index contributed by atoms with van der Waals surface area (Å²) in [5.74, 6) is -1.99. The van der Waals surface area contributed by atoms with E-state index in [0.29, 0.717) is 6.42 Å². The molecule has 1 aromatic rings. The normalized spacial score (nSPS) is 20.2. The van der Waals surface area contributed by atoms with Crippen molar-refractivity contribution in [2.24, 2.45) is 5.73 Å². The van der Waals surface area contributed by atoms with Crippen molar-refractivity contribution in [2.75, 3.05) is 0 Å². The molecule has 4 nitrogen and oxygen atoms in total. The number of fused-ring (bicyclic) bond motifs is 1. The highest BCUT2D eigenvalue weighted by Gasteiger charge is 2.34. The predicted molar refractivity (Wildman–Crippen MR) is 58.1 cm³/mol. The molecule has 2 atom stereocenters. The molecule has 0 saturated heterocycles. The number of hydrogen-bond donors (Lipinski definition) is 2. The highest BCUT2D eigenvalue weighted by molar-refractivity contribution is 6.05. The van der Waals surface area contributed by atoms with Gasteiger partial charge in [0.2, 0.25) is 0 Å². The Labute approximate surface area is 93.1 Å². The first kappa shape index (κ1) is 10.8. The van der Waals surface area contributed by atoms with Gasteiger partial charge in [-0.05, 0) is 24.0 Å². The van der Waals surface area contributed by atoms with E-state index >= 15 is 0 Å². The number of rotatable bonds is 3. The number of Topliss-reactive ketones (excluding diaryl/α,β-unsaturated/α-hetero) is 1. The maximum atomic E-state index is 11.8. The van der Waals surface area contributed by atoms with Crippen molar-refractivity contribution in [1.82, 2.24) is 0 Å². The molecule has 1 aromatic carbocycles. The highest BCUT2D eigenvalue weighted by Crippen LogP contribution is 2.33. The zero-order valence-electron chi connectivity index (χ0n) is 8.72. The zero-order chi connectivity index (χ0) is 11.7. The molecule has 84 valence electrons. The first-order valence-corrected chi connectivity index (χ1v) is 5.21. The fourth-order valence-electron chi connectivity index (χ4n) is 2.19. The molecule has 1 aliphatic rings. The average molecular weight is 219 g/mol. The number of hydrogen-bond acceptors (Lipinski definition) is 3. The van der Waals surface area contributed by atoms with Crippen LogP contribution in [0, 0.1) is 0 Å². The van der Waals surface area contributed by atoms with Crippen LogP contribution in [0.5, 0.6) is 0 Å². The standard InChI is InChI=1S/C12H13NO3/c13-10(12(15)16)11(14)9-6-5-7-3-1-2-4-8(7)9/h1-4,9-10H,5-6,13H2,(H,15,16). The lowest BCUT2D eigenvalue weighted by Crippen LogP contribution is -2.41. The molecule has 2 unspecified atom stereocenters. The number of ketones is 1. The van der Waals surface area contributed by atoms with Gasteiger partial charge in [0.15, 0.2) is 11.8 Å². The molecule has 3 N–H and O–H groups in total. The zero-order valence-corrected chi connectivity index (χ0v) is 8.72. The highest BCUT2D eigenvalue weighted by atomic mass is 16.4. The van der Waals surface area contributed by atoms with Crippen LogP contribution in [0.1, 0.15) is 23.5 Å². The maximum absolute atomic E-state index is 11.8. The Hall–Kier alpha value is -1.68. The summed E-state index contributed by atoms with van der Waals surface area (Å²) < 4.78 is 0. The summed E-state index contributed by atoms with van der Waals surface area (Å²) in [6.45, 7) is 0. The van der Waals surface area contributed by atoms with Crippen molar-refractivity contribution in [1.29, 1.82) is 0 Å². The van der Waals surface area contributed by atoms with E-state index in [-0.39, 0.29) is 5.92 Å². The molecule has 2 rings (SSSR count). The minimum atomic E-state index is -1.41. The van der Waals surface area contributed by atoms with Crippen LogP contribution in [-0.2, 0) is 16.0 Å². The molecule has 1 aliphatic carbocycles. The van der Waals surface area contributed by atoms with E-state index in [9.17, 15) is 9.59 Å². The third-order valence-corrected chi connectivity index (χ3v) is 3.05. The van der Waals surface area contributed by atoms with Crippen molar-refractivity contribution in [3.8, 4) is 0 Å². The smallest absolute Gasteiger partial charge is 0.328 e. The second kappa shape index (κ2) is 4.06. The van der Waals surface area contributed by atoms with E-state index in [1.54, 1.807) is 0 Å². The number of aryl methyl sites for hydroxylation is 1. The van der Waals surface area contributed by atoms with Gasteiger partial charge in [0, 0.05) is 5.92 Å². The van der Waals surface area contributed by atoms with Crippen LogP contribution in [0.4, 0.5) is 0 Å². The Morgan fingerprint density at radius 3 is 2.75 bits per heavy atom. The lowest BCUT2D eigenvalue weighted by atomic mass is 9.93. The summed E-state index contributed by atoms with van der Waals surface area (Å²) >= 11 is 0. The molecule has 4 heteroatoms. The van der Waals surface area contributed by atoms with Crippen LogP contribution in [-0.4, -0.2) is 22.9 Å². The van der Waals surface area contributed by atoms with E-state index in [4.69, 9.17) is 10.8 Å². The summed E-state index contributed by atoms with van der Waals surface area (Å²) in [5.41, 5.74) is 7.41. The SMILES string of the molecule is NC(C(=O)O)C(=O)C1CCc2ccccc21. The number of aliphatic carboxylic acids is 1. The van der Waals surface area contributed by atoms with Crippen LogP contribution < -0.4 is 5.73 Å². The topological polar surface area (TPSA) is 80.4 Å². The molecule has 0 bridgehead atoms. The maximum Gasteiger partial charge on any atom is 0.328 e. The lowest BCUT2D eigenvalue weighted by molar-refractivity contribution is -0.142. The van der Waals surface area contributed by atoms with Crippen LogP contribution in [0.2, 0.25) is 0 Å². The van der Waals surface area contributed by atoms with Crippen LogP contribution in [0.25, 0.3) is 0 Å². The van der Waals surface area contributed by atoms with Crippen LogP contribution in [0.3, 0.4) is 0 Å². The number of benzene rings is 1. The predicted octanol–water partition coefficient (Wildman–Crippen LogP) is 0.697. The molecule has 0 aromatic heterocycles. The van der Waals surface area contributed by atoms with Gasteiger partial charge in [-0.15, -0.1) is 0 Å². The lowest BCUT2D eigenvalue weighted by Gasteiger charge is -2.13. The van der Waals surface area contributed by atoms with Gasteiger partial charge < -0.3 is 10.8 Å². The molecular formula is C12H13NO3. The number of carbonyl (C=O) groups is 2. The van der Waals surface area contributed by atoms with Crippen LogP contribution >= 0.6 is 0 Å². The molecule has 0 amide bonds. The van der Waals surface area contributed by atoms with Gasteiger partial charge in [0.1, 0.15) is 0 Å². The van der Waals surface area contributed by atoms with Gasteiger partial charge in [-0.1, -0.05) is 24.3 Å². The van der Waals surface area contributed by atoms with E-state index in [1.165, 1.54) is 0 Å².